The van der Waals surface area contributed by atoms with Gasteiger partial charge in [-0.25, -0.2) is 15.0 Å². The minimum absolute atomic E-state index is 0.0177. The first-order chi connectivity index (χ1) is 12.1. The molecule has 1 amide bonds. The number of nitrogens with zero attached hydrogens (tertiary/aromatic N) is 6. The molecule has 0 saturated carbocycles. The van der Waals surface area contributed by atoms with Gasteiger partial charge in [0.25, 0.3) is 0 Å². The molecule has 0 spiro atoms. The fraction of sp³-hybridized carbons (Fsp3) is 0.438. The Morgan fingerprint density at radius 3 is 3.12 bits per heavy atom. The van der Waals surface area contributed by atoms with Gasteiger partial charge in [0.15, 0.2) is 11.5 Å². The number of hydrogen-bond donors (Lipinski definition) is 1. The van der Waals surface area contributed by atoms with E-state index in [9.17, 15) is 4.79 Å². The summed E-state index contributed by atoms with van der Waals surface area (Å²) in [5, 5.41) is 4.09. The number of likely N-dealkylation sites (tertiary alicyclic amines) is 1. The minimum Gasteiger partial charge on any atom is -0.361 e. The Hall–Kier alpha value is -2.97. The van der Waals surface area contributed by atoms with Crippen molar-refractivity contribution in [3.63, 3.8) is 0 Å². The largest absolute Gasteiger partial charge is 0.361 e. The predicted molar refractivity (Wildman–Crippen MR) is 89.9 cm³/mol. The van der Waals surface area contributed by atoms with Gasteiger partial charge in [0.05, 0.1) is 18.9 Å². The number of likely N-dealkylation sites (N-methyl/N-ethyl adjacent to an activating group) is 1. The highest BCUT2D eigenvalue weighted by Crippen LogP contribution is 2.31. The second-order valence-corrected chi connectivity index (χ2v) is 6.26. The topological polar surface area (TPSA) is 104 Å². The highest BCUT2D eigenvalue weighted by atomic mass is 16.5. The summed E-state index contributed by atoms with van der Waals surface area (Å²) < 4.78 is 5.17. The molecule has 4 rings (SSSR count). The number of amides is 1. The number of anilines is 1. The molecule has 0 bridgehead atoms. The van der Waals surface area contributed by atoms with Crippen LogP contribution in [0.4, 0.5) is 5.82 Å². The third-order valence-electron chi connectivity index (χ3n) is 4.50. The van der Waals surface area contributed by atoms with Gasteiger partial charge in [-0.15, -0.1) is 0 Å². The lowest BCUT2D eigenvalue weighted by molar-refractivity contribution is -0.130. The lowest BCUT2D eigenvalue weighted by Gasteiger charge is -2.26. The molecule has 25 heavy (non-hydrogen) atoms. The van der Waals surface area contributed by atoms with Crippen molar-refractivity contribution < 1.29 is 9.32 Å². The number of carbonyl (C=O) groups excluding carboxylic acids is 1. The summed E-state index contributed by atoms with van der Waals surface area (Å²) in [7, 11) is 1.84. The lowest BCUT2D eigenvalue weighted by Crippen LogP contribution is -2.39. The van der Waals surface area contributed by atoms with E-state index in [2.05, 4.69) is 25.1 Å². The van der Waals surface area contributed by atoms with Gasteiger partial charge in [0.1, 0.15) is 23.3 Å². The van der Waals surface area contributed by atoms with Gasteiger partial charge in [-0.3, -0.25) is 4.79 Å². The van der Waals surface area contributed by atoms with Crippen molar-refractivity contribution in [3.8, 4) is 0 Å². The Morgan fingerprint density at radius 1 is 1.44 bits per heavy atom. The van der Waals surface area contributed by atoms with Crippen LogP contribution in [0.25, 0.3) is 11.2 Å². The summed E-state index contributed by atoms with van der Waals surface area (Å²) >= 11 is 0. The molecular formula is C16H19N7O2. The van der Waals surface area contributed by atoms with Crippen LogP contribution in [-0.2, 0) is 4.79 Å². The summed E-state index contributed by atoms with van der Waals surface area (Å²) in [5.74, 6) is 1.45. The molecule has 4 heterocycles. The third kappa shape index (κ3) is 2.81. The molecule has 0 radical (unpaired) electrons. The normalized spacial score (nSPS) is 17.4. The first kappa shape index (κ1) is 15.6. The van der Waals surface area contributed by atoms with E-state index in [1.54, 1.807) is 6.33 Å². The van der Waals surface area contributed by atoms with Crippen molar-refractivity contribution in [3.05, 3.63) is 30.2 Å². The number of H-pyrrole nitrogens is 1. The van der Waals surface area contributed by atoms with Crippen LogP contribution in [0.2, 0.25) is 0 Å². The Labute approximate surface area is 144 Å². The molecule has 1 saturated heterocycles. The monoisotopic (exact) mass is 341 g/mol. The van der Waals surface area contributed by atoms with Crippen molar-refractivity contribution in [1.29, 1.82) is 0 Å². The molecule has 0 unspecified atom stereocenters. The minimum atomic E-state index is -0.0177. The van der Waals surface area contributed by atoms with E-state index >= 15 is 0 Å². The van der Waals surface area contributed by atoms with Crippen molar-refractivity contribution in [2.45, 2.75) is 25.8 Å². The molecule has 1 aliphatic heterocycles. The van der Waals surface area contributed by atoms with Crippen molar-refractivity contribution in [1.82, 2.24) is 30.0 Å². The first-order valence-corrected chi connectivity index (χ1v) is 8.21. The maximum atomic E-state index is 12.9. The zero-order valence-electron chi connectivity index (χ0n) is 14.1. The van der Waals surface area contributed by atoms with Crippen LogP contribution < -0.4 is 4.90 Å². The zero-order valence-corrected chi connectivity index (χ0v) is 14.1. The number of aromatic nitrogens is 5. The van der Waals surface area contributed by atoms with E-state index < -0.39 is 0 Å². The van der Waals surface area contributed by atoms with E-state index in [0.717, 1.165) is 36.4 Å². The summed E-state index contributed by atoms with van der Waals surface area (Å²) in [4.78, 5) is 32.1. The Morgan fingerprint density at radius 2 is 2.32 bits per heavy atom. The fourth-order valence-corrected chi connectivity index (χ4v) is 3.33. The molecule has 1 atom stereocenters. The number of aryl methyl sites for hydroxylation is 1. The highest BCUT2D eigenvalue weighted by molar-refractivity contribution is 5.87. The molecule has 9 nitrogen and oxygen atoms in total. The number of hydrogen-bond acceptors (Lipinski definition) is 7. The highest BCUT2D eigenvalue weighted by Gasteiger charge is 2.32. The van der Waals surface area contributed by atoms with Gasteiger partial charge in [-0.1, -0.05) is 5.16 Å². The molecule has 3 aromatic heterocycles. The molecule has 3 aromatic rings. The number of fused-ring (bicyclic) bond motifs is 1. The van der Waals surface area contributed by atoms with E-state index in [-0.39, 0.29) is 18.5 Å². The van der Waals surface area contributed by atoms with Crippen LogP contribution in [0.1, 0.15) is 30.3 Å². The van der Waals surface area contributed by atoms with Crippen molar-refractivity contribution in [2.75, 3.05) is 25.0 Å². The number of aromatic amines is 1. The van der Waals surface area contributed by atoms with Gasteiger partial charge in [-0.2, -0.15) is 0 Å². The molecule has 9 heteroatoms. The summed E-state index contributed by atoms with van der Waals surface area (Å²) in [6, 6.07) is 1.88. The molecular weight excluding hydrogens is 322 g/mol. The average molecular weight is 341 g/mol. The number of nitrogens with one attached hydrogen (secondary N) is 1. The van der Waals surface area contributed by atoms with E-state index in [1.165, 1.54) is 6.33 Å². The molecule has 1 aliphatic rings. The van der Waals surface area contributed by atoms with E-state index in [4.69, 9.17) is 4.52 Å². The summed E-state index contributed by atoms with van der Waals surface area (Å²) in [6.45, 7) is 2.81. The second kappa shape index (κ2) is 6.15. The molecule has 1 fully saturated rings. The van der Waals surface area contributed by atoms with E-state index in [1.807, 2.05) is 29.8 Å². The predicted octanol–water partition coefficient (Wildman–Crippen LogP) is 1.45. The SMILES string of the molecule is Cc1cc([C@@H]2CCCN2C(=O)CN(C)c2ncnc3nc[nH]c23)no1. The van der Waals surface area contributed by atoms with Gasteiger partial charge < -0.3 is 19.3 Å². The Bertz CT molecular complexity index is 903. The van der Waals surface area contributed by atoms with Crippen molar-refractivity contribution >= 4 is 22.9 Å². The maximum Gasteiger partial charge on any atom is 0.242 e. The van der Waals surface area contributed by atoms with Gasteiger partial charge in [-0.05, 0) is 19.8 Å². The zero-order chi connectivity index (χ0) is 17.4. The van der Waals surface area contributed by atoms with Gasteiger partial charge in [0, 0.05) is 19.7 Å². The standard InChI is InChI=1S/C16H19N7O2/c1-10-6-11(21-25-10)12-4-3-5-23(12)13(24)7-22(2)16-14-15(18-8-17-14)19-9-20-16/h6,8-9,12H,3-5,7H2,1-2H3,(H,17,18,19,20)/t12-/m0/s1. The molecule has 1 N–H and O–H groups in total. The van der Waals surface area contributed by atoms with E-state index in [0.29, 0.717) is 11.5 Å². The molecule has 0 aliphatic carbocycles. The molecule has 130 valence electrons. The quantitative estimate of drug-likeness (QED) is 0.766. The van der Waals surface area contributed by atoms with Crippen LogP contribution in [0.3, 0.4) is 0 Å². The number of rotatable bonds is 4. The Balaban J connectivity index is 1.52. The third-order valence-corrected chi connectivity index (χ3v) is 4.50. The number of carbonyl (C=O) groups is 1. The van der Waals surface area contributed by atoms with Crippen LogP contribution in [-0.4, -0.2) is 56.0 Å². The Kier molecular flexibility index (Phi) is 3.83. The van der Waals surface area contributed by atoms with Gasteiger partial charge in [0.2, 0.25) is 5.91 Å². The fourth-order valence-electron chi connectivity index (χ4n) is 3.33. The van der Waals surface area contributed by atoms with Crippen LogP contribution in [0, 0.1) is 6.92 Å². The summed E-state index contributed by atoms with van der Waals surface area (Å²) in [6.07, 6.45) is 4.89. The lowest BCUT2D eigenvalue weighted by atomic mass is 10.1. The van der Waals surface area contributed by atoms with Crippen LogP contribution in [0.5, 0.6) is 0 Å². The van der Waals surface area contributed by atoms with Gasteiger partial charge >= 0.3 is 0 Å². The van der Waals surface area contributed by atoms with Crippen LogP contribution in [0.15, 0.2) is 23.2 Å². The summed E-state index contributed by atoms with van der Waals surface area (Å²) in [5.41, 5.74) is 2.13. The smallest absolute Gasteiger partial charge is 0.242 e. The second-order valence-electron chi connectivity index (χ2n) is 6.26. The van der Waals surface area contributed by atoms with Crippen LogP contribution >= 0.6 is 0 Å². The maximum absolute atomic E-state index is 12.9. The average Bonchev–Trinajstić information content (AvgIpc) is 3.33. The molecule has 0 aromatic carbocycles. The number of imidazole rings is 1. The first-order valence-electron chi connectivity index (χ1n) is 8.21. The van der Waals surface area contributed by atoms with Crippen molar-refractivity contribution in [2.24, 2.45) is 0 Å².